The normalized spacial score (nSPS) is 27.3. The van der Waals surface area contributed by atoms with Crippen LogP contribution >= 0.6 is 0 Å². The maximum Gasteiger partial charge on any atom is 0.0434 e. The third-order valence-corrected chi connectivity index (χ3v) is 3.61. The van der Waals surface area contributed by atoms with Crippen LogP contribution in [0.25, 0.3) is 0 Å². The Morgan fingerprint density at radius 1 is 1.13 bits per heavy atom. The van der Waals surface area contributed by atoms with Crippen molar-refractivity contribution in [2.75, 3.05) is 0 Å². The maximum atomic E-state index is 4.57. The van der Waals surface area contributed by atoms with E-state index in [-0.39, 0.29) is 0 Å². The second-order valence-electron chi connectivity index (χ2n) is 5.07. The summed E-state index contributed by atoms with van der Waals surface area (Å²) in [7, 11) is 0. The van der Waals surface area contributed by atoms with E-state index in [4.69, 9.17) is 0 Å². The van der Waals surface area contributed by atoms with Crippen molar-refractivity contribution in [1.29, 1.82) is 0 Å². The first kappa shape index (κ1) is 10.7. The summed E-state index contributed by atoms with van der Waals surface area (Å²) in [4.78, 5) is 4.57. The summed E-state index contributed by atoms with van der Waals surface area (Å²) in [6, 6.07) is 4.41. The van der Waals surface area contributed by atoms with Crippen molar-refractivity contribution < 1.29 is 0 Å². The van der Waals surface area contributed by atoms with Crippen LogP contribution in [0.15, 0.2) is 18.3 Å². The van der Waals surface area contributed by atoms with Gasteiger partial charge in [0.05, 0.1) is 0 Å². The van der Waals surface area contributed by atoms with Gasteiger partial charge in [-0.05, 0) is 37.3 Å². The maximum absolute atomic E-state index is 4.57. The average Bonchev–Trinajstić information content (AvgIpc) is 2.44. The highest BCUT2D eigenvalue weighted by Gasteiger charge is 2.18. The van der Waals surface area contributed by atoms with Crippen LogP contribution in [-0.4, -0.2) is 4.98 Å². The summed E-state index contributed by atoms with van der Waals surface area (Å²) in [5.41, 5.74) is 2.58. The highest BCUT2D eigenvalue weighted by atomic mass is 14.7. The molecule has 0 aliphatic heterocycles. The van der Waals surface area contributed by atoms with E-state index in [1.807, 2.05) is 6.20 Å². The molecule has 1 saturated carbocycles. The van der Waals surface area contributed by atoms with E-state index in [1.165, 1.54) is 43.4 Å². The fourth-order valence-electron chi connectivity index (χ4n) is 2.50. The molecule has 0 aromatic carbocycles. The predicted molar refractivity (Wildman–Crippen MR) is 64.0 cm³/mol. The van der Waals surface area contributed by atoms with E-state index >= 15 is 0 Å². The van der Waals surface area contributed by atoms with Crippen LogP contribution in [0.5, 0.6) is 0 Å². The van der Waals surface area contributed by atoms with Crippen molar-refractivity contribution in [3.63, 3.8) is 0 Å². The molecule has 2 atom stereocenters. The molecule has 0 radical (unpaired) electrons. The van der Waals surface area contributed by atoms with Crippen molar-refractivity contribution in [2.45, 2.75) is 51.9 Å². The Bertz CT molecular complexity index is 302. The molecular weight excluding hydrogens is 182 g/mol. The number of hydrogen-bond donors (Lipinski definition) is 0. The Labute approximate surface area is 92.9 Å². The molecule has 1 aliphatic carbocycles. The zero-order valence-corrected chi connectivity index (χ0v) is 9.87. The Kier molecular flexibility index (Phi) is 3.40. The molecule has 0 spiro atoms. The van der Waals surface area contributed by atoms with E-state index in [2.05, 4.69) is 31.0 Å². The first-order valence-electron chi connectivity index (χ1n) is 6.18. The molecule has 0 N–H and O–H groups in total. The Morgan fingerprint density at radius 2 is 2.00 bits per heavy atom. The van der Waals surface area contributed by atoms with E-state index in [9.17, 15) is 0 Å². The van der Waals surface area contributed by atoms with Crippen LogP contribution in [0.3, 0.4) is 0 Å². The number of pyridine rings is 1. The van der Waals surface area contributed by atoms with Crippen molar-refractivity contribution in [1.82, 2.24) is 4.98 Å². The van der Waals surface area contributed by atoms with Crippen LogP contribution in [0.1, 0.15) is 56.2 Å². The molecule has 0 amide bonds. The molecule has 1 heterocycles. The molecule has 0 saturated heterocycles. The second-order valence-corrected chi connectivity index (χ2v) is 5.07. The molecule has 15 heavy (non-hydrogen) atoms. The highest BCUT2D eigenvalue weighted by Crippen LogP contribution is 2.32. The number of aryl methyl sites for hydroxylation is 1. The van der Waals surface area contributed by atoms with E-state index in [0.29, 0.717) is 0 Å². The first-order chi connectivity index (χ1) is 7.25. The Morgan fingerprint density at radius 3 is 2.73 bits per heavy atom. The zero-order chi connectivity index (χ0) is 10.7. The fourth-order valence-corrected chi connectivity index (χ4v) is 2.50. The fraction of sp³-hybridized carbons (Fsp3) is 0.643. The summed E-state index contributed by atoms with van der Waals surface area (Å²) < 4.78 is 0. The van der Waals surface area contributed by atoms with Crippen molar-refractivity contribution in [3.05, 3.63) is 29.6 Å². The van der Waals surface area contributed by atoms with Gasteiger partial charge in [0.2, 0.25) is 0 Å². The van der Waals surface area contributed by atoms with Gasteiger partial charge in [0.15, 0.2) is 0 Å². The molecule has 2 unspecified atom stereocenters. The zero-order valence-electron chi connectivity index (χ0n) is 9.87. The Hall–Kier alpha value is -0.850. The van der Waals surface area contributed by atoms with Gasteiger partial charge in [0, 0.05) is 17.8 Å². The summed E-state index contributed by atoms with van der Waals surface area (Å²) in [6.45, 7) is 4.48. The minimum absolute atomic E-state index is 0.718. The molecule has 1 fully saturated rings. The third-order valence-electron chi connectivity index (χ3n) is 3.61. The third kappa shape index (κ3) is 2.80. The first-order valence-corrected chi connectivity index (χ1v) is 6.18. The monoisotopic (exact) mass is 203 g/mol. The van der Waals surface area contributed by atoms with Gasteiger partial charge in [-0.25, -0.2) is 0 Å². The van der Waals surface area contributed by atoms with Gasteiger partial charge in [0.25, 0.3) is 0 Å². The smallest absolute Gasteiger partial charge is 0.0434 e. The minimum Gasteiger partial charge on any atom is -0.261 e. The van der Waals surface area contributed by atoms with Crippen molar-refractivity contribution >= 4 is 0 Å². The average molecular weight is 203 g/mol. The lowest BCUT2D eigenvalue weighted by Gasteiger charge is -2.13. The lowest BCUT2D eigenvalue weighted by molar-refractivity contribution is 0.498. The molecule has 2 rings (SSSR count). The highest BCUT2D eigenvalue weighted by molar-refractivity contribution is 5.15. The van der Waals surface area contributed by atoms with Crippen LogP contribution in [0.2, 0.25) is 0 Å². The van der Waals surface area contributed by atoms with Gasteiger partial charge >= 0.3 is 0 Å². The van der Waals surface area contributed by atoms with Crippen molar-refractivity contribution in [3.8, 4) is 0 Å². The Balaban J connectivity index is 2.06. The number of hydrogen-bond acceptors (Lipinski definition) is 1. The number of rotatable bonds is 1. The molecular formula is C14H21N. The summed E-state index contributed by atoms with van der Waals surface area (Å²) in [5.74, 6) is 1.64. The second kappa shape index (κ2) is 4.78. The molecule has 1 nitrogen and oxygen atoms in total. The van der Waals surface area contributed by atoms with Crippen molar-refractivity contribution in [2.24, 2.45) is 5.92 Å². The van der Waals surface area contributed by atoms with Gasteiger partial charge in [-0.15, -0.1) is 0 Å². The molecule has 1 heteroatoms. The lowest BCUT2D eigenvalue weighted by atomic mass is 9.95. The molecule has 82 valence electrons. The van der Waals surface area contributed by atoms with E-state index in [1.54, 1.807) is 0 Å². The lowest BCUT2D eigenvalue weighted by Crippen LogP contribution is -2.00. The van der Waals surface area contributed by atoms with Crippen LogP contribution in [0.4, 0.5) is 0 Å². The topological polar surface area (TPSA) is 12.9 Å². The van der Waals surface area contributed by atoms with E-state index in [0.717, 1.165) is 11.8 Å². The molecule has 1 aromatic rings. The molecule has 0 bridgehead atoms. The summed E-state index contributed by atoms with van der Waals surface area (Å²) in [6.07, 6.45) is 8.82. The quantitative estimate of drug-likeness (QED) is 0.627. The predicted octanol–water partition coefficient (Wildman–Crippen LogP) is 4.07. The van der Waals surface area contributed by atoms with Gasteiger partial charge in [-0.2, -0.15) is 0 Å². The van der Waals surface area contributed by atoms with Gasteiger partial charge in [-0.1, -0.05) is 32.3 Å². The SMILES string of the molecule is Cc1ccc(C2CCCC(C)CC2)nc1. The molecule has 1 aliphatic rings. The van der Waals surface area contributed by atoms with Gasteiger partial charge in [-0.3, -0.25) is 4.98 Å². The minimum atomic E-state index is 0.718. The largest absolute Gasteiger partial charge is 0.261 e. The van der Waals surface area contributed by atoms with Crippen LogP contribution in [0, 0.1) is 12.8 Å². The van der Waals surface area contributed by atoms with Gasteiger partial charge in [0.1, 0.15) is 0 Å². The van der Waals surface area contributed by atoms with Crippen LogP contribution in [-0.2, 0) is 0 Å². The summed E-state index contributed by atoms with van der Waals surface area (Å²) in [5, 5.41) is 0. The van der Waals surface area contributed by atoms with Crippen LogP contribution < -0.4 is 0 Å². The summed E-state index contributed by atoms with van der Waals surface area (Å²) >= 11 is 0. The number of aromatic nitrogens is 1. The number of nitrogens with zero attached hydrogens (tertiary/aromatic N) is 1. The van der Waals surface area contributed by atoms with Gasteiger partial charge < -0.3 is 0 Å². The standard InChI is InChI=1S/C14H21N/c1-11-4-3-5-13(8-6-11)14-9-7-12(2)10-15-14/h7,9-11,13H,3-6,8H2,1-2H3. The molecule has 1 aromatic heterocycles. The van der Waals surface area contributed by atoms with E-state index < -0.39 is 0 Å².